The third-order valence-electron chi connectivity index (χ3n) is 8.37. The number of phenolic OH excluding ortho intramolecular Hbond substituents is 2. The van der Waals surface area contributed by atoms with Crippen LogP contribution in [0, 0.1) is 0 Å². The number of fused-ring (bicyclic) bond motifs is 1. The third-order valence-corrected chi connectivity index (χ3v) is 8.37. The molecule has 0 aliphatic carbocycles. The second-order valence-corrected chi connectivity index (χ2v) is 12.0. The molecule has 3 aromatic rings. The fraction of sp³-hybridized carbons (Fsp3) is 0.485. The molecular formula is C33H40O14. The summed E-state index contributed by atoms with van der Waals surface area (Å²) < 4.78 is 34.9. The minimum Gasteiger partial charge on any atom is -0.507 e. The Morgan fingerprint density at radius 1 is 0.851 bits per heavy atom. The predicted molar refractivity (Wildman–Crippen MR) is 165 cm³/mol. The maximum Gasteiger partial charge on any atom is 0.239 e. The molecule has 1 aromatic heterocycles. The zero-order chi connectivity index (χ0) is 34.3. The molecule has 0 unspecified atom stereocenters. The number of methoxy groups -OCH3 is 1. The number of aliphatic hydroxyl groups excluding tert-OH is 5. The Balaban J connectivity index is 1.65. The zero-order valence-electron chi connectivity index (χ0n) is 26.4. The molecule has 0 amide bonds. The molecule has 14 nitrogen and oxygen atoms in total. The van der Waals surface area contributed by atoms with Crippen molar-refractivity contribution in [2.75, 3.05) is 7.11 Å². The molecule has 256 valence electrons. The highest BCUT2D eigenvalue weighted by atomic mass is 16.8. The quantitative estimate of drug-likeness (QED) is 0.170. The highest BCUT2D eigenvalue weighted by Gasteiger charge is 2.50. The van der Waals surface area contributed by atoms with Crippen LogP contribution in [0.25, 0.3) is 22.3 Å². The third kappa shape index (κ3) is 6.68. The van der Waals surface area contributed by atoms with Gasteiger partial charge in [0.05, 0.1) is 19.3 Å². The van der Waals surface area contributed by atoms with E-state index < -0.39 is 78.3 Å². The molecule has 2 aromatic carbocycles. The monoisotopic (exact) mass is 660 g/mol. The standard InChI is InChI=1S/C33H40O14/c1-13(2)6-11-18-19(34)12-20(35)21-24(38)30(28(45-29(18)21)16-7-9-17(42-5)10-8-16)46-33-31(26(40)23(37)15(4)44-33)47-32-27(41)25(39)22(36)14(3)43-32/h6-10,12,14-15,22-23,25-27,31-37,39-41H,11H2,1-5H3/t14-,15-,22-,23-,25+,26+,27-,31-,32-,33-/m0/s1. The Morgan fingerprint density at radius 3 is 2.09 bits per heavy atom. The lowest BCUT2D eigenvalue weighted by Gasteiger charge is -2.45. The molecule has 0 radical (unpaired) electrons. The first-order chi connectivity index (χ1) is 22.2. The number of aromatic hydroxyl groups is 2. The first-order valence-corrected chi connectivity index (χ1v) is 15.1. The van der Waals surface area contributed by atoms with Gasteiger partial charge < -0.3 is 63.8 Å². The molecule has 7 N–H and O–H groups in total. The fourth-order valence-electron chi connectivity index (χ4n) is 5.55. The van der Waals surface area contributed by atoms with Crippen LogP contribution in [0.1, 0.15) is 33.3 Å². The van der Waals surface area contributed by atoms with E-state index in [-0.39, 0.29) is 34.5 Å². The van der Waals surface area contributed by atoms with Crippen LogP contribution in [-0.2, 0) is 20.6 Å². The normalized spacial score (nSPS) is 31.0. The van der Waals surface area contributed by atoms with Gasteiger partial charge in [-0.3, -0.25) is 4.79 Å². The lowest BCUT2D eigenvalue weighted by molar-refractivity contribution is -0.352. The van der Waals surface area contributed by atoms with Crippen LogP contribution in [0.15, 0.2) is 51.2 Å². The summed E-state index contributed by atoms with van der Waals surface area (Å²) in [5.41, 5.74) is 0.546. The number of phenols is 2. The van der Waals surface area contributed by atoms with Gasteiger partial charge in [0.25, 0.3) is 0 Å². The molecule has 47 heavy (non-hydrogen) atoms. The summed E-state index contributed by atoms with van der Waals surface area (Å²) >= 11 is 0. The molecule has 0 spiro atoms. The van der Waals surface area contributed by atoms with Gasteiger partial charge in [0.2, 0.25) is 17.5 Å². The van der Waals surface area contributed by atoms with E-state index in [9.17, 15) is 40.5 Å². The van der Waals surface area contributed by atoms with Gasteiger partial charge in [0.1, 0.15) is 58.7 Å². The van der Waals surface area contributed by atoms with Crippen LogP contribution >= 0.6 is 0 Å². The van der Waals surface area contributed by atoms with Gasteiger partial charge in [-0.1, -0.05) is 11.6 Å². The number of allylic oxidation sites excluding steroid dienone is 2. The van der Waals surface area contributed by atoms with Crippen molar-refractivity contribution in [3.8, 4) is 34.3 Å². The Morgan fingerprint density at radius 2 is 1.47 bits per heavy atom. The number of ether oxygens (including phenoxy) is 5. The molecule has 0 saturated carbocycles. The molecule has 3 heterocycles. The van der Waals surface area contributed by atoms with Crippen molar-refractivity contribution < 1.29 is 63.8 Å². The summed E-state index contributed by atoms with van der Waals surface area (Å²) in [6.45, 7) is 6.61. The van der Waals surface area contributed by atoms with Crippen molar-refractivity contribution in [3.63, 3.8) is 0 Å². The lowest BCUT2D eigenvalue weighted by atomic mass is 9.98. The second-order valence-electron chi connectivity index (χ2n) is 12.0. The number of aliphatic hydroxyl groups is 5. The van der Waals surface area contributed by atoms with Gasteiger partial charge in [0, 0.05) is 17.2 Å². The van der Waals surface area contributed by atoms with E-state index in [4.69, 9.17) is 28.1 Å². The van der Waals surface area contributed by atoms with Gasteiger partial charge in [-0.2, -0.15) is 0 Å². The zero-order valence-corrected chi connectivity index (χ0v) is 26.4. The average molecular weight is 661 g/mol. The maximum absolute atomic E-state index is 14.2. The van der Waals surface area contributed by atoms with Gasteiger partial charge >= 0.3 is 0 Å². The van der Waals surface area contributed by atoms with E-state index in [1.54, 1.807) is 24.3 Å². The summed E-state index contributed by atoms with van der Waals surface area (Å²) in [5.74, 6) is -0.987. The minimum atomic E-state index is -1.77. The van der Waals surface area contributed by atoms with E-state index >= 15 is 0 Å². The number of hydrogen-bond donors (Lipinski definition) is 7. The molecule has 2 saturated heterocycles. The SMILES string of the molecule is COc1ccc(-c2oc3c(CC=C(C)C)c(O)cc(O)c3c(=O)c2O[C@@H]2O[C@@H](C)[C@H](O)[C@@H](O)[C@@H]2O[C@@H]2O[C@@H](C)[C@H](O)[C@@H](O)[C@@H]2O)cc1. The number of rotatable bonds is 8. The van der Waals surface area contributed by atoms with Crippen LogP contribution in [0.5, 0.6) is 23.0 Å². The minimum absolute atomic E-state index is 0.0929. The Bertz CT molecular complexity index is 1660. The van der Waals surface area contributed by atoms with Crippen LogP contribution in [0.2, 0.25) is 0 Å². The first-order valence-electron chi connectivity index (χ1n) is 15.1. The topological polar surface area (TPSA) is 218 Å². The fourth-order valence-corrected chi connectivity index (χ4v) is 5.55. The molecule has 14 heteroatoms. The van der Waals surface area contributed by atoms with Crippen molar-refractivity contribution in [2.24, 2.45) is 0 Å². The smallest absolute Gasteiger partial charge is 0.239 e. The Labute approximate surface area is 269 Å². The number of benzene rings is 2. The second kappa shape index (κ2) is 13.8. The van der Waals surface area contributed by atoms with Gasteiger partial charge in [-0.15, -0.1) is 0 Å². The van der Waals surface area contributed by atoms with Crippen LogP contribution in [0.3, 0.4) is 0 Å². The van der Waals surface area contributed by atoms with Crippen LogP contribution < -0.4 is 14.9 Å². The van der Waals surface area contributed by atoms with Crippen molar-refractivity contribution in [3.05, 3.63) is 57.8 Å². The summed E-state index contributed by atoms with van der Waals surface area (Å²) in [4.78, 5) is 14.2. The first kappa shape index (κ1) is 34.6. The van der Waals surface area contributed by atoms with E-state index in [1.165, 1.54) is 21.0 Å². The van der Waals surface area contributed by atoms with E-state index in [1.807, 2.05) is 19.9 Å². The molecule has 5 rings (SSSR count). The summed E-state index contributed by atoms with van der Waals surface area (Å²) in [6.07, 6.45) is -13.0. The van der Waals surface area contributed by atoms with Crippen molar-refractivity contribution >= 4 is 11.0 Å². The van der Waals surface area contributed by atoms with Crippen molar-refractivity contribution in [1.29, 1.82) is 0 Å². The van der Waals surface area contributed by atoms with Crippen molar-refractivity contribution in [1.82, 2.24) is 0 Å². The highest BCUT2D eigenvalue weighted by molar-refractivity contribution is 5.91. The van der Waals surface area contributed by atoms with E-state index in [0.29, 0.717) is 11.3 Å². The van der Waals surface area contributed by atoms with Crippen molar-refractivity contribution in [2.45, 2.75) is 95.5 Å². The molecule has 2 aliphatic heterocycles. The maximum atomic E-state index is 14.2. The summed E-state index contributed by atoms with van der Waals surface area (Å²) in [7, 11) is 1.48. The largest absolute Gasteiger partial charge is 0.507 e. The molecule has 10 atom stereocenters. The molecule has 2 aliphatic rings. The van der Waals surface area contributed by atoms with Gasteiger partial charge in [-0.05, 0) is 58.4 Å². The lowest BCUT2D eigenvalue weighted by Crippen LogP contribution is -2.63. The van der Waals surface area contributed by atoms with E-state index in [2.05, 4.69) is 0 Å². The Kier molecular flexibility index (Phi) is 10.1. The van der Waals surface area contributed by atoms with Crippen LogP contribution in [0.4, 0.5) is 0 Å². The molecular weight excluding hydrogens is 620 g/mol. The van der Waals surface area contributed by atoms with Gasteiger partial charge in [-0.25, -0.2) is 0 Å². The highest BCUT2D eigenvalue weighted by Crippen LogP contribution is 2.41. The average Bonchev–Trinajstić information content (AvgIpc) is 3.03. The molecule has 2 fully saturated rings. The molecule has 0 bridgehead atoms. The summed E-state index contributed by atoms with van der Waals surface area (Å²) in [5, 5.41) is 74.0. The van der Waals surface area contributed by atoms with E-state index in [0.717, 1.165) is 11.6 Å². The van der Waals surface area contributed by atoms with Crippen LogP contribution in [-0.4, -0.2) is 104 Å². The van der Waals surface area contributed by atoms with Gasteiger partial charge in [0.15, 0.2) is 18.2 Å². The predicted octanol–water partition coefficient (Wildman–Crippen LogP) is 1.45. The summed E-state index contributed by atoms with van der Waals surface area (Å²) in [6, 6.07) is 7.43. The Hall–Kier alpha value is -3.73. The number of hydrogen-bond acceptors (Lipinski definition) is 14.